The monoisotopic (exact) mass is 429 g/mol. The molecule has 0 saturated carbocycles. The Morgan fingerprint density at radius 2 is 2.11 bits per heavy atom. The molecule has 0 fully saturated rings. The number of hydrogen-bond acceptors (Lipinski definition) is 5. The van der Waals surface area contributed by atoms with Crippen LogP contribution < -0.4 is 5.32 Å². The molecule has 8 nitrogen and oxygen atoms in total. The van der Waals surface area contributed by atoms with Gasteiger partial charge < -0.3 is 19.4 Å². The maximum atomic E-state index is 12.5. The molecule has 4 aromatic rings. The number of nitrogens with zero attached hydrogens (tertiary/aromatic N) is 4. The Bertz CT molecular complexity index is 1130. The van der Waals surface area contributed by atoms with Crippen LogP contribution in [0.4, 0.5) is 5.82 Å². The topological polar surface area (TPSA) is 98.1 Å². The summed E-state index contributed by atoms with van der Waals surface area (Å²) < 4.78 is 9.19. The number of carbonyl (C=O) groups is 1. The molecule has 0 aliphatic carbocycles. The summed E-state index contributed by atoms with van der Waals surface area (Å²) in [6.07, 6.45) is 0. The number of amides is 1. The number of aromatic nitrogens is 4. The Kier molecular flexibility index (Phi) is 4.54. The number of aryl methyl sites for hydroxylation is 1. The number of carbonyl (C=O) groups excluding carboxylic acids is 1. The van der Waals surface area contributed by atoms with Crippen LogP contribution in [0.25, 0.3) is 17.0 Å². The fourth-order valence-corrected chi connectivity index (χ4v) is 3.21. The highest BCUT2D eigenvalue weighted by Crippen LogP contribution is 2.23. The van der Waals surface area contributed by atoms with Gasteiger partial charge >= 0.3 is 0 Å². The Morgan fingerprint density at radius 1 is 1.30 bits per heavy atom. The number of aliphatic hydroxyl groups is 1. The first-order chi connectivity index (χ1) is 13.1. The number of aliphatic hydroxyl groups excluding tert-OH is 1. The SMILES string of the molecule is Cc1cc(NC(=O)c2ccc(Br)o2)n(-c2nc3ccccc3n2CCO)n1. The lowest BCUT2D eigenvalue weighted by Gasteiger charge is -2.10. The van der Waals surface area contributed by atoms with E-state index in [1.165, 1.54) is 0 Å². The molecule has 3 heterocycles. The van der Waals surface area contributed by atoms with Gasteiger partial charge in [-0.15, -0.1) is 0 Å². The molecule has 2 N–H and O–H groups in total. The number of anilines is 1. The van der Waals surface area contributed by atoms with E-state index in [2.05, 4.69) is 31.3 Å². The van der Waals surface area contributed by atoms with Gasteiger partial charge in [0.15, 0.2) is 10.4 Å². The van der Waals surface area contributed by atoms with Crippen molar-refractivity contribution >= 4 is 38.7 Å². The molecule has 0 bridgehead atoms. The lowest BCUT2D eigenvalue weighted by Crippen LogP contribution is -2.17. The van der Waals surface area contributed by atoms with Crippen LogP contribution in [0.3, 0.4) is 0 Å². The Morgan fingerprint density at radius 3 is 2.85 bits per heavy atom. The van der Waals surface area contributed by atoms with Crippen molar-refractivity contribution in [2.75, 3.05) is 11.9 Å². The number of hydrogen-bond donors (Lipinski definition) is 2. The summed E-state index contributed by atoms with van der Waals surface area (Å²) in [5.74, 6) is 0.747. The fourth-order valence-electron chi connectivity index (χ4n) is 2.90. The summed E-state index contributed by atoms with van der Waals surface area (Å²) in [5.41, 5.74) is 2.37. The van der Waals surface area contributed by atoms with Crippen LogP contribution in [0.1, 0.15) is 16.2 Å². The van der Waals surface area contributed by atoms with Gasteiger partial charge in [-0.25, -0.2) is 4.98 Å². The Hall–Kier alpha value is -2.91. The Labute approximate surface area is 162 Å². The lowest BCUT2D eigenvalue weighted by atomic mass is 10.3. The number of nitrogens with one attached hydrogen (secondary N) is 1. The highest BCUT2D eigenvalue weighted by Gasteiger charge is 2.19. The van der Waals surface area contributed by atoms with Crippen LogP contribution in [0.2, 0.25) is 0 Å². The predicted octanol–water partition coefficient (Wildman–Crippen LogP) is 3.13. The van der Waals surface area contributed by atoms with Crippen molar-refractivity contribution < 1.29 is 14.3 Å². The van der Waals surface area contributed by atoms with Gasteiger partial charge in [-0.05, 0) is 47.1 Å². The molecule has 0 aliphatic heterocycles. The lowest BCUT2D eigenvalue weighted by molar-refractivity contribution is 0.0994. The molecule has 0 saturated heterocycles. The van der Waals surface area contributed by atoms with E-state index >= 15 is 0 Å². The van der Waals surface area contributed by atoms with Crippen LogP contribution in [-0.4, -0.2) is 37.0 Å². The van der Waals surface area contributed by atoms with Crippen molar-refractivity contribution in [1.82, 2.24) is 19.3 Å². The summed E-state index contributed by atoms with van der Waals surface area (Å²) in [7, 11) is 0. The van der Waals surface area contributed by atoms with E-state index in [4.69, 9.17) is 4.42 Å². The highest BCUT2D eigenvalue weighted by atomic mass is 79.9. The van der Waals surface area contributed by atoms with E-state index in [1.807, 2.05) is 35.8 Å². The summed E-state index contributed by atoms with van der Waals surface area (Å²) in [6.45, 7) is 2.14. The van der Waals surface area contributed by atoms with Crippen LogP contribution in [0.15, 0.2) is 51.6 Å². The van der Waals surface area contributed by atoms with E-state index in [1.54, 1.807) is 22.9 Å². The van der Waals surface area contributed by atoms with Gasteiger partial charge in [-0.3, -0.25) is 4.79 Å². The molecule has 4 rings (SSSR count). The first kappa shape index (κ1) is 17.5. The summed E-state index contributed by atoms with van der Waals surface area (Å²) >= 11 is 3.19. The minimum atomic E-state index is -0.397. The molecule has 9 heteroatoms. The number of rotatable bonds is 5. The molecule has 1 amide bonds. The third-order valence-corrected chi connectivity index (χ3v) is 4.44. The number of fused-ring (bicyclic) bond motifs is 1. The largest absolute Gasteiger partial charge is 0.444 e. The van der Waals surface area contributed by atoms with Crippen molar-refractivity contribution in [1.29, 1.82) is 0 Å². The highest BCUT2D eigenvalue weighted by molar-refractivity contribution is 9.10. The molecule has 1 aromatic carbocycles. The zero-order valence-corrected chi connectivity index (χ0v) is 16.0. The normalized spacial score (nSPS) is 11.2. The molecule has 0 atom stereocenters. The smallest absolute Gasteiger partial charge is 0.292 e. The molecule has 0 spiro atoms. The second-order valence-corrected chi connectivity index (χ2v) is 6.70. The molecule has 0 radical (unpaired) electrons. The van der Waals surface area contributed by atoms with Gasteiger partial charge in [-0.2, -0.15) is 9.78 Å². The molecule has 3 aromatic heterocycles. The number of para-hydroxylation sites is 2. The van der Waals surface area contributed by atoms with E-state index in [-0.39, 0.29) is 12.4 Å². The van der Waals surface area contributed by atoms with Crippen LogP contribution >= 0.6 is 15.9 Å². The maximum Gasteiger partial charge on any atom is 0.292 e. The summed E-state index contributed by atoms with van der Waals surface area (Å²) in [4.78, 5) is 17.1. The summed E-state index contributed by atoms with van der Waals surface area (Å²) in [6, 6.07) is 12.6. The average molecular weight is 430 g/mol. The van der Waals surface area contributed by atoms with Crippen LogP contribution in [0.5, 0.6) is 0 Å². The molecule has 138 valence electrons. The molecular weight excluding hydrogens is 414 g/mol. The van der Waals surface area contributed by atoms with Gasteiger partial charge in [0.1, 0.15) is 5.82 Å². The number of furan rings is 1. The molecular formula is C18H16BrN5O3. The second-order valence-electron chi connectivity index (χ2n) is 5.92. The minimum absolute atomic E-state index is 0.0459. The van der Waals surface area contributed by atoms with Gasteiger partial charge in [0.05, 0.1) is 23.3 Å². The van der Waals surface area contributed by atoms with Crippen molar-refractivity contribution in [2.24, 2.45) is 0 Å². The third kappa shape index (κ3) is 3.26. The van der Waals surface area contributed by atoms with E-state index in [9.17, 15) is 9.90 Å². The van der Waals surface area contributed by atoms with Gasteiger partial charge in [0.2, 0.25) is 5.95 Å². The number of imidazole rings is 1. The first-order valence-corrected chi connectivity index (χ1v) is 9.06. The van der Waals surface area contributed by atoms with Crippen molar-refractivity contribution in [3.63, 3.8) is 0 Å². The fraction of sp³-hybridized carbons (Fsp3) is 0.167. The Balaban J connectivity index is 1.78. The molecule has 0 unspecified atom stereocenters. The van der Waals surface area contributed by atoms with Gasteiger partial charge in [0, 0.05) is 12.6 Å². The van der Waals surface area contributed by atoms with Crippen molar-refractivity contribution in [3.8, 4) is 5.95 Å². The van der Waals surface area contributed by atoms with Crippen molar-refractivity contribution in [3.05, 3.63) is 58.6 Å². The molecule has 0 aliphatic rings. The van der Waals surface area contributed by atoms with Gasteiger partial charge in [0.25, 0.3) is 5.91 Å². The van der Waals surface area contributed by atoms with Crippen LogP contribution in [-0.2, 0) is 6.54 Å². The second kappa shape index (κ2) is 7.01. The maximum absolute atomic E-state index is 12.5. The van der Waals surface area contributed by atoms with E-state index < -0.39 is 5.91 Å². The standard InChI is InChI=1S/C18H16BrN5O3/c1-11-10-16(21-17(26)14-6-7-15(19)27-14)24(22-11)18-20-12-4-2-3-5-13(12)23(18)8-9-25/h2-7,10,25H,8-9H2,1H3,(H,21,26). The van der Waals surface area contributed by atoms with E-state index in [0.717, 1.165) is 11.0 Å². The molecule has 27 heavy (non-hydrogen) atoms. The number of halogens is 1. The zero-order chi connectivity index (χ0) is 19.0. The first-order valence-electron chi connectivity index (χ1n) is 8.26. The zero-order valence-electron chi connectivity index (χ0n) is 14.4. The summed E-state index contributed by atoms with van der Waals surface area (Å²) in [5, 5.41) is 16.7. The average Bonchev–Trinajstić information content (AvgIpc) is 3.33. The minimum Gasteiger partial charge on any atom is -0.444 e. The number of benzene rings is 1. The van der Waals surface area contributed by atoms with Crippen molar-refractivity contribution in [2.45, 2.75) is 13.5 Å². The predicted molar refractivity (Wildman–Crippen MR) is 103 cm³/mol. The third-order valence-electron chi connectivity index (χ3n) is 4.02. The van der Waals surface area contributed by atoms with Gasteiger partial charge in [-0.1, -0.05) is 12.1 Å². The van der Waals surface area contributed by atoms with E-state index in [0.29, 0.717) is 28.7 Å². The quantitative estimate of drug-likeness (QED) is 0.507. The van der Waals surface area contributed by atoms with Crippen LogP contribution in [0, 0.1) is 6.92 Å².